The monoisotopic (exact) mass is 285 g/mol. The van der Waals surface area contributed by atoms with Gasteiger partial charge in [0.2, 0.25) is 0 Å². The average Bonchev–Trinajstić information content (AvgIpc) is 2.62. The fraction of sp³-hybridized carbons (Fsp3) is 0.125. The van der Waals surface area contributed by atoms with Crippen LogP contribution in [-0.4, -0.2) is 23.3 Å². The van der Waals surface area contributed by atoms with Crippen molar-refractivity contribution in [3.63, 3.8) is 0 Å². The number of amides is 2. The Morgan fingerprint density at radius 1 is 1.05 bits per heavy atom. The molecule has 0 aromatic heterocycles. The highest BCUT2D eigenvalue weighted by atomic mass is 19.1. The molecule has 21 heavy (non-hydrogen) atoms. The predicted molar refractivity (Wildman–Crippen MR) is 73.2 cm³/mol. The first kappa shape index (κ1) is 13.3. The largest absolute Gasteiger partial charge is 0.483 e. The number of imide groups is 1. The van der Waals surface area contributed by atoms with Gasteiger partial charge >= 0.3 is 0 Å². The van der Waals surface area contributed by atoms with Gasteiger partial charge < -0.3 is 4.74 Å². The number of para-hydroxylation sites is 1. The number of benzene rings is 2. The number of halogens is 1. The van der Waals surface area contributed by atoms with Crippen molar-refractivity contribution >= 4 is 11.8 Å². The van der Waals surface area contributed by atoms with Gasteiger partial charge in [0.1, 0.15) is 11.6 Å². The van der Waals surface area contributed by atoms with E-state index in [1.54, 1.807) is 42.5 Å². The zero-order chi connectivity index (χ0) is 14.8. The lowest BCUT2D eigenvalue weighted by molar-refractivity contribution is -0.130. The number of hydrogen-bond donors (Lipinski definition) is 0. The molecular weight excluding hydrogens is 273 g/mol. The third kappa shape index (κ3) is 2.50. The van der Waals surface area contributed by atoms with Crippen LogP contribution in [0.1, 0.15) is 15.9 Å². The number of carbonyl (C=O) groups excluding carboxylic acids is 2. The first-order chi connectivity index (χ1) is 10.2. The molecule has 3 rings (SSSR count). The molecule has 5 heteroatoms. The van der Waals surface area contributed by atoms with E-state index in [0.29, 0.717) is 16.9 Å². The molecule has 2 aromatic carbocycles. The van der Waals surface area contributed by atoms with E-state index >= 15 is 0 Å². The molecular formula is C16H12FNO3. The van der Waals surface area contributed by atoms with E-state index in [-0.39, 0.29) is 13.2 Å². The summed E-state index contributed by atoms with van der Waals surface area (Å²) in [5.41, 5.74) is 0.596. The van der Waals surface area contributed by atoms with Crippen LogP contribution in [0, 0.1) is 5.82 Å². The molecule has 1 aliphatic rings. The number of rotatable bonds is 2. The van der Waals surface area contributed by atoms with Gasteiger partial charge in [0.25, 0.3) is 11.8 Å². The van der Waals surface area contributed by atoms with Gasteiger partial charge in [0.05, 0.1) is 12.1 Å². The zero-order valence-electron chi connectivity index (χ0n) is 11.1. The molecule has 0 saturated carbocycles. The van der Waals surface area contributed by atoms with Gasteiger partial charge in [-0.05, 0) is 18.2 Å². The minimum Gasteiger partial charge on any atom is -0.483 e. The van der Waals surface area contributed by atoms with Crippen LogP contribution in [0.25, 0.3) is 0 Å². The van der Waals surface area contributed by atoms with E-state index in [0.717, 1.165) is 4.90 Å². The fourth-order valence-electron chi connectivity index (χ4n) is 2.20. The van der Waals surface area contributed by atoms with Crippen LogP contribution >= 0.6 is 0 Å². The number of hydrogen-bond acceptors (Lipinski definition) is 3. The molecule has 0 N–H and O–H groups in total. The van der Waals surface area contributed by atoms with Crippen LogP contribution in [0.4, 0.5) is 4.39 Å². The lowest BCUT2D eigenvalue weighted by atomic mass is 10.1. The number of carbonyl (C=O) groups is 2. The smallest absolute Gasteiger partial charge is 0.267 e. The van der Waals surface area contributed by atoms with Crippen molar-refractivity contribution in [2.75, 3.05) is 6.61 Å². The fourth-order valence-corrected chi connectivity index (χ4v) is 2.20. The molecule has 0 atom stereocenters. The SMILES string of the molecule is O=C1COc2ccccc2C(=O)N1Cc1ccccc1F. The highest BCUT2D eigenvalue weighted by Gasteiger charge is 2.29. The van der Waals surface area contributed by atoms with Crippen LogP contribution in [-0.2, 0) is 11.3 Å². The standard InChI is InChI=1S/C16H12FNO3/c17-13-7-3-1-5-11(13)9-18-15(19)10-21-14-8-4-2-6-12(14)16(18)20/h1-8H,9-10H2. The van der Waals surface area contributed by atoms with Gasteiger partial charge in [-0.2, -0.15) is 0 Å². The van der Waals surface area contributed by atoms with Crippen molar-refractivity contribution in [1.29, 1.82) is 0 Å². The summed E-state index contributed by atoms with van der Waals surface area (Å²) in [6.45, 7) is -0.348. The van der Waals surface area contributed by atoms with E-state index in [2.05, 4.69) is 0 Å². The Morgan fingerprint density at radius 2 is 1.76 bits per heavy atom. The van der Waals surface area contributed by atoms with Crippen LogP contribution in [0.2, 0.25) is 0 Å². The molecule has 0 fully saturated rings. The quantitative estimate of drug-likeness (QED) is 0.796. The topological polar surface area (TPSA) is 46.6 Å². The Labute approximate surface area is 120 Å². The molecule has 106 valence electrons. The molecule has 0 saturated heterocycles. The van der Waals surface area contributed by atoms with Crippen molar-refractivity contribution in [2.45, 2.75) is 6.54 Å². The maximum atomic E-state index is 13.7. The molecule has 0 unspecified atom stereocenters. The Morgan fingerprint density at radius 3 is 2.57 bits per heavy atom. The van der Waals surface area contributed by atoms with Crippen molar-refractivity contribution < 1.29 is 18.7 Å². The van der Waals surface area contributed by atoms with Gasteiger partial charge in [-0.3, -0.25) is 14.5 Å². The summed E-state index contributed by atoms with van der Waals surface area (Å²) in [5, 5.41) is 0. The Bertz CT molecular complexity index is 714. The van der Waals surface area contributed by atoms with Gasteiger partial charge in [-0.1, -0.05) is 30.3 Å². The summed E-state index contributed by atoms with van der Waals surface area (Å²) >= 11 is 0. The van der Waals surface area contributed by atoms with Crippen molar-refractivity contribution in [2.24, 2.45) is 0 Å². The van der Waals surface area contributed by atoms with E-state index in [4.69, 9.17) is 4.74 Å². The van der Waals surface area contributed by atoms with E-state index in [9.17, 15) is 14.0 Å². The second-order valence-electron chi connectivity index (χ2n) is 4.66. The van der Waals surface area contributed by atoms with Crippen LogP contribution in [0.15, 0.2) is 48.5 Å². The summed E-state index contributed by atoms with van der Waals surface area (Å²) in [7, 11) is 0. The van der Waals surface area contributed by atoms with Crippen molar-refractivity contribution in [3.8, 4) is 5.75 Å². The normalized spacial score (nSPS) is 14.4. The molecule has 0 bridgehead atoms. The Kier molecular flexibility index (Phi) is 3.39. The van der Waals surface area contributed by atoms with Gasteiger partial charge in [0, 0.05) is 5.56 Å². The van der Waals surface area contributed by atoms with Crippen LogP contribution < -0.4 is 4.74 Å². The van der Waals surface area contributed by atoms with Crippen LogP contribution in [0.3, 0.4) is 0 Å². The van der Waals surface area contributed by atoms with E-state index in [1.807, 2.05) is 0 Å². The van der Waals surface area contributed by atoms with Crippen molar-refractivity contribution in [1.82, 2.24) is 4.90 Å². The minimum absolute atomic E-state index is 0.109. The summed E-state index contributed by atoms with van der Waals surface area (Å²) in [6, 6.07) is 12.7. The Balaban J connectivity index is 1.96. The van der Waals surface area contributed by atoms with Gasteiger partial charge in [-0.15, -0.1) is 0 Å². The molecule has 1 heterocycles. The summed E-state index contributed by atoms with van der Waals surface area (Å²) < 4.78 is 19.0. The molecule has 0 radical (unpaired) electrons. The number of fused-ring (bicyclic) bond motifs is 1. The number of nitrogens with zero attached hydrogens (tertiary/aromatic N) is 1. The highest BCUT2D eigenvalue weighted by molar-refractivity contribution is 6.07. The summed E-state index contributed by atoms with van der Waals surface area (Å²) in [6.07, 6.45) is 0. The third-order valence-corrected chi connectivity index (χ3v) is 3.30. The zero-order valence-corrected chi connectivity index (χ0v) is 11.1. The third-order valence-electron chi connectivity index (χ3n) is 3.30. The van der Waals surface area contributed by atoms with E-state index in [1.165, 1.54) is 6.07 Å². The second-order valence-corrected chi connectivity index (χ2v) is 4.66. The molecule has 0 aliphatic carbocycles. The summed E-state index contributed by atoms with van der Waals surface area (Å²) in [4.78, 5) is 25.6. The summed E-state index contributed by atoms with van der Waals surface area (Å²) in [5.74, 6) is -1.04. The maximum Gasteiger partial charge on any atom is 0.267 e. The molecule has 2 amide bonds. The second kappa shape index (κ2) is 5.36. The molecule has 4 nitrogen and oxygen atoms in total. The Hall–Kier alpha value is -2.69. The minimum atomic E-state index is -0.487. The average molecular weight is 285 g/mol. The first-order valence-electron chi connectivity index (χ1n) is 6.47. The predicted octanol–water partition coefficient (Wildman–Crippen LogP) is 2.39. The van der Waals surface area contributed by atoms with Crippen molar-refractivity contribution in [3.05, 3.63) is 65.5 Å². The first-order valence-corrected chi connectivity index (χ1v) is 6.47. The van der Waals surface area contributed by atoms with Crippen LogP contribution in [0.5, 0.6) is 5.75 Å². The number of ether oxygens (including phenoxy) is 1. The van der Waals surface area contributed by atoms with Gasteiger partial charge in [0.15, 0.2) is 6.61 Å². The van der Waals surface area contributed by atoms with Gasteiger partial charge in [-0.25, -0.2) is 4.39 Å². The molecule has 1 aliphatic heterocycles. The molecule has 2 aromatic rings. The maximum absolute atomic E-state index is 13.7. The lowest BCUT2D eigenvalue weighted by Gasteiger charge is -2.18. The lowest BCUT2D eigenvalue weighted by Crippen LogP contribution is -2.37. The molecule has 0 spiro atoms. The highest BCUT2D eigenvalue weighted by Crippen LogP contribution is 2.24. The van der Waals surface area contributed by atoms with E-state index < -0.39 is 17.6 Å².